The van der Waals surface area contributed by atoms with E-state index in [2.05, 4.69) is 21.0 Å². The van der Waals surface area contributed by atoms with E-state index < -0.39 is 0 Å². The molecule has 3 nitrogen and oxygen atoms in total. The Bertz CT molecular complexity index is 284. The molecule has 2 unspecified atom stereocenters. The molecule has 13 heavy (non-hydrogen) atoms. The molecule has 2 rings (SSSR count). The second kappa shape index (κ2) is 3.80. The average Bonchev–Trinajstić information content (AvgIpc) is 2.62. The van der Waals surface area contributed by atoms with Gasteiger partial charge in [0, 0.05) is 18.8 Å². The minimum atomic E-state index is 0.420. The van der Waals surface area contributed by atoms with E-state index in [4.69, 9.17) is 5.73 Å². The Kier molecular flexibility index (Phi) is 2.69. The molecule has 0 bridgehead atoms. The van der Waals surface area contributed by atoms with E-state index in [1.165, 1.54) is 12.8 Å². The van der Waals surface area contributed by atoms with Crippen LogP contribution in [0.5, 0.6) is 0 Å². The summed E-state index contributed by atoms with van der Waals surface area (Å²) in [5.74, 6) is 0.724. The van der Waals surface area contributed by atoms with Crippen molar-refractivity contribution < 1.29 is 0 Å². The monoisotopic (exact) mass is 243 g/mol. The molecule has 0 aromatic carbocycles. The fraction of sp³-hybridized carbons (Fsp3) is 0.667. The van der Waals surface area contributed by atoms with E-state index in [-0.39, 0.29) is 0 Å². The van der Waals surface area contributed by atoms with Crippen LogP contribution < -0.4 is 5.73 Å². The largest absolute Gasteiger partial charge is 0.328 e. The first kappa shape index (κ1) is 9.21. The molecule has 1 fully saturated rings. The maximum Gasteiger partial charge on any atom is 0.0632 e. The number of halogens is 1. The van der Waals surface area contributed by atoms with Crippen LogP contribution in [0.2, 0.25) is 0 Å². The van der Waals surface area contributed by atoms with Crippen molar-refractivity contribution in [1.82, 2.24) is 9.78 Å². The predicted molar refractivity (Wildman–Crippen MR) is 55.2 cm³/mol. The third-order valence-corrected chi connectivity index (χ3v) is 3.04. The van der Waals surface area contributed by atoms with Gasteiger partial charge in [-0.25, -0.2) is 0 Å². The lowest BCUT2D eigenvalue weighted by molar-refractivity contribution is 0.424. The highest BCUT2D eigenvalue weighted by Gasteiger charge is 2.21. The van der Waals surface area contributed by atoms with E-state index in [9.17, 15) is 0 Å². The van der Waals surface area contributed by atoms with Gasteiger partial charge in [0.05, 0.1) is 10.7 Å². The molecule has 2 N–H and O–H groups in total. The first-order valence-corrected chi connectivity index (χ1v) is 5.47. The van der Waals surface area contributed by atoms with Crippen molar-refractivity contribution in [3.63, 3.8) is 0 Å². The molecule has 0 aliphatic heterocycles. The first-order valence-electron chi connectivity index (χ1n) is 4.67. The molecule has 0 spiro atoms. The van der Waals surface area contributed by atoms with Gasteiger partial charge in [0.2, 0.25) is 0 Å². The highest BCUT2D eigenvalue weighted by atomic mass is 79.9. The second-order valence-electron chi connectivity index (χ2n) is 3.82. The van der Waals surface area contributed by atoms with Gasteiger partial charge >= 0.3 is 0 Å². The van der Waals surface area contributed by atoms with Gasteiger partial charge < -0.3 is 5.73 Å². The Labute approximate surface area is 86.4 Å². The summed E-state index contributed by atoms with van der Waals surface area (Å²) in [6.07, 6.45) is 7.42. The Hall–Kier alpha value is -0.350. The lowest BCUT2D eigenvalue weighted by atomic mass is 10.1. The van der Waals surface area contributed by atoms with Crippen LogP contribution in [0.25, 0.3) is 0 Å². The molecule has 1 aliphatic carbocycles. The molecule has 1 aromatic heterocycles. The summed E-state index contributed by atoms with van der Waals surface area (Å²) in [7, 11) is 0. The number of hydrogen-bond acceptors (Lipinski definition) is 2. The highest BCUT2D eigenvalue weighted by molar-refractivity contribution is 9.10. The Morgan fingerprint density at radius 2 is 2.46 bits per heavy atom. The zero-order valence-corrected chi connectivity index (χ0v) is 9.07. The standard InChI is InChI=1S/C9H14BrN3/c10-8-4-12-13(6-8)5-7-1-2-9(11)3-7/h4,6-7,9H,1-3,5,11H2. The molecule has 1 aliphatic rings. The summed E-state index contributed by atoms with van der Waals surface area (Å²) in [6.45, 7) is 1.01. The molecule has 0 amide bonds. The molecule has 1 aromatic rings. The van der Waals surface area contributed by atoms with Crippen molar-refractivity contribution in [3.05, 3.63) is 16.9 Å². The molecule has 1 heterocycles. The fourth-order valence-corrected chi connectivity index (χ4v) is 2.31. The molecule has 0 radical (unpaired) electrons. The number of hydrogen-bond donors (Lipinski definition) is 1. The quantitative estimate of drug-likeness (QED) is 0.861. The minimum absolute atomic E-state index is 0.420. The third kappa shape index (κ3) is 2.31. The Balaban J connectivity index is 1.91. The van der Waals surface area contributed by atoms with Crippen LogP contribution in [-0.2, 0) is 6.54 Å². The average molecular weight is 244 g/mol. The molecule has 72 valence electrons. The maximum absolute atomic E-state index is 5.85. The third-order valence-electron chi connectivity index (χ3n) is 2.63. The van der Waals surface area contributed by atoms with Gasteiger partial charge in [0.25, 0.3) is 0 Å². The number of nitrogens with zero attached hydrogens (tertiary/aromatic N) is 2. The topological polar surface area (TPSA) is 43.8 Å². The first-order chi connectivity index (χ1) is 6.24. The molecule has 2 atom stereocenters. The van der Waals surface area contributed by atoms with E-state index in [0.29, 0.717) is 6.04 Å². The summed E-state index contributed by atoms with van der Waals surface area (Å²) in [5.41, 5.74) is 5.85. The van der Waals surface area contributed by atoms with Crippen LogP contribution in [-0.4, -0.2) is 15.8 Å². The fourth-order valence-electron chi connectivity index (χ4n) is 1.98. The van der Waals surface area contributed by atoms with Gasteiger partial charge in [-0.1, -0.05) is 0 Å². The summed E-state index contributed by atoms with van der Waals surface area (Å²) < 4.78 is 3.04. The van der Waals surface area contributed by atoms with Crippen LogP contribution in [0.4, 0.5) is 0 Å². The molecule has 4 heteroatoms. The minimum Gasteiger partial charge on any atom is -0.328 e. The van der Waals surface area contributed by atoms with E-state index in [0.717, 1.165) is 23.4 Å². The van der Waals surface area contributed by atoms with Crippen LogP contribution in [0.15, 0.2) is 16.9 Å². The SMILES string of the molecule is NC1CCC(Cn2cc(Br)cn2)C1. The molecule has 0 saturated heterocycles. The van der Waals surface area contributed by atoms with Crippen molar-refractivity contribution >= 4 is 15.9 Å². The normalized spacial score (nSPS) is 28.2. The molecular weight excluding hydrogens is 230 g/mol. The predicted octanol–water partition coefficient (Wildman–Crippen LogP) is 1.77. The zero-order valence-electron chi connectivity index (χ0n) is 7.49. The highest BCUT2D eigenvalue weighted by Crippen LogP contribution is 2.25. The van der Waals surface area contributed by atoms with Crippen molar-refractivity contribution in [1.29, 1.82) is 0 Å². The van der Waals surface area contributed by atoms with E-state index in [1.807, 2.05) is 17.1 Å². The summed E-state index contributed by atoms with van der Waals surface area (Å²) in [5, 5.41) is 4.23. The lowest BCUT2D eigenvalue weighted by Gasteiger charge is -2.08. The van der Waals surface area contributed by atoms with E-state index in [1.54, 1.807) is 0 Å². The van der Waals surface area contributed by atoms with Crippen molar-refractivity contribution in [3.8, 4) is 0 Å². The summed E-state index contributed by atoms with van der Waals surface area (Å²) in [6, 6.07) is 0.420. The molecule has 1 saturated carbocycles. The van der Waals surface area contributed by atoms with Crippen molar-refractivity contribution in [2.45, 2.75) is 31.8 Å². The Morgan fingerprint density at radius 3 is 3.00 bits per heavy atom. The van der Waals surface area contributed by atoms with Crippen LogP contribution in [0.3, 0.4) is 0 Å². The van der Waals surface area contributed by atoms with E-state index >= 15 is 0 Å². The van der Waals surface area contributed by atoms with Crippen molar-refractivity contribution in [2.24, 2.45) is 11.7 Å². The zero-order chi connectivity index (χ0) is 9.26. The lowest BCUT2D eigenvalue weighted by Crippen LogP contribution is -2.16. The van der Waals surface area contributed by atoms with Gasteiger partial charge in [-0.15, -0.1) is 0 Å². The summed E-state index contributed by atoms with van der Waals surface area (Å²) >= 11 is 3.39. The number of nitrogens with two attached hydrogens (primary N) is 1. The van der Waals surface area contributed by atoms with Crippen LogP contribution in [0, 0.1) is 5.92 Å². The summed E-state index contributed by atoms with van der Waals surface area (Å²) in [4.78, 5) is 0. The van der Waals surface area contributed by atoms with Gasteiger partial charge in [-0.3, -0.25) is 4.68 Å². The van der Waals surface area contributed by atoms with Gasteiger partial charge in [-0.2, -0.15) is 5.10 Å². The maximum atomic E-state index is 5.85. The van der Waals surface area contributed by atoms with Gasteiger partial charge in [-0.05, 0) is 41.1 Å². The smallest absolute Gasteiger partial charge is 0.0632 e. The number of aromatic nitrogens is 2. The van der Waals surface area contributed by atoms with Crippen LogP contribution >= 0.6 is 15.9 Å². The molecular formula is C9H14BrN3. The van der Waals surface area contributed by atoms with Gasteiger partial charge in [0.1, 0.15) is 0 Å². The van der Waals surface area contributed by atoms with Crippen LogP contribution in [0.1, 0.15) is 19.3 Å². The van der Waals surface area contributed by atoms with Crippen molar-refractivity contribution in [2.75, 3.05) is 0 Å². The second-order valence-corrected chi connectivity index (χ2v) is 4.74. The van der Waals surface area contributed by atoms with Gasteiger partial charge in [0.15, 0.2) is 0 Å². The Morgan fingerprint density at radius 1 is 1.62 bits per heavy atom. The number of rotatable bonds is 2.